The molecular formula is C22H25N3O. The summed E-state index contributed by atoms with van der Waals surface area (Å²) >= 11 is 0. The molecule has 0 saturated carbocycles. The number of H-pyrrole nitrogens is 1. The second kappa shape index (κ2) is 6.45. The highest BCUT2D eigenvalue weighted by Crippen LogP contribution is 2.37. The van der Waals surface area contributed by atoms with E-state index < -0.39 is 5.91 Å². The number of aryl methyl sites for hydroxylation is 4. The fraction of sp³-hybridized carbons (Fsp3) is 0.273. The predicted molar refractivity (Wildman–Crippen MR) is 107 cm³/mol. The first-order valence-electron chi connectivity index (χ1n) is 8.75. The van der Waals surface area contributed by atoms with Crippen LogP contribution >= 0.6 is 0 Å². The van der Waals surface area contributed by atoms with Crippen molar-refractivity contribution in [2.24, 2.45) is 10.7 Å². The van der Waals surface area contributed by atoms with Gasteiger partial charge in [-0.1, -0.05) is 29.3 Å². The summed E-state index contributed by atoms with van der Waals surface area (Å²) < 4.78 is 0. The number of carbonyl (C=O) groups excluding carboxylic acids is 1. The molecule has 3 rings (SSSR count). The molecule has 1 aromatic heterocycles. The SMILES string of the molecule is CC1=NC(=C(c2cc(C)cc(C)c2)c2[nH]c(C)cc2C)C(C)=C1C(N)=O. The number of nitrogens with two attached hydrogens (primary N) is 1. The zero-order chi connectivity index (χ0) is 19.2. The number of carbonyl (C=O) groups is 1. The van der Waals surface area contributed by atoms with Gasteiger partial charge in [-0.2, -0.15) is 0 Å². The number of hydrogen-bond donors (Lipinski definition) is 2. The number of amides is 1. The summed E-state index contributed by atoms with van der Waals surface area (Å²) in [6.07, 6.45) is 0. The first-order chi connectivity index (χ1) is 12.2. The molecular weight excluding hydrogens is 322 g/mol. The molecule has 1 aromatic carbocycles. The molecule has 26 heavy (non-hydrogen) atoms. The van der Waals surface area contributed by atoms with Crippen molar-refractivity contribution < 1.29 is 4.79 Å². The van der Waals surface area contributed by atoms with Crippen LogP contribution in [0.2, 0.25) is 0 Å². The molecule has 134 valence electrons. The number of hydrogen-bond acceptors (Lipinski definition) is 2. The lowest BCUT2D eigenvalue weighted by atomic mass is 9.92. The molecule has 0 fully saturated rings. The third-order valence-corrected chi connectivity index (χ3v) is 4.76. The lowest BCUT2D eigenvalue weighted by molar-refractivity contribution is -0.114. The Morgan fingerprint density at radius 2 is 1.58 bits per heavy atom. The summed E-state index contributed by atoms with van der Waals surface area (Å²) in [6.45, 7) is 12.1. The highest BCUT2D eigenvalue weighted by molar-refractivity contribution is 6.23. The highest BCUT2D eigenvalue weighted by Gasteiger charge is 2.26. The van der Waals surface area contributed by atoms with Gasteiger partial charge in [-0.05, 0) is 64.3 Å². The molecule has 1 amide bonds. The molecule has 4 nitrogen and oxygen atoms in total. The van der Waals surface area contributed by atoms with Gasteiger partial charge in [0.1, 0.15) is 0 Å². The average Bonchev–Trinajstić information content (AvgIpc) is 2.98. The molecule has 0 atom stereocenters. The van der Waals surface area contributed by atoms with E-state index in [-0.39, 0.29) is 0 Å². The number of benzene rings is 1. The number of rotatable bonds is 3. The molecule has 0 unspecified atom stereocenters. The van der Waals surface area contributed by atoms with E-state index in [4.69, 9.17) is 10.7 Å². The Morgan fingerprint density at radius 3 is 2.04 bits per heavy atom. The summed E-state index contributed by atoms with van der Waals surface area (Å²) in [5.74, 6) is -0.432. The van der Waals surface area contributed by atoms with Crippen molar-refractivity contribution in [2.75, 3.05) is 0 Å². The van der Waals surface area contributed by atoms with Crippen LogP contribution in [0.1, 0.15) is 47.5 Å². The highest BCUT2D eigenvalue weighted by atomic mass is 16.1. The fourth-order valence-electron chi connectivity index (χ4n) is 3.81. The van der Waals surface area contributed by atoms with Crippen molar-refractivity contribution in [3.63, 3.8) is 0 Å². The van der Waals surface area contributed by atoms with E-state index in [1.54, 1.807) is 0 Å². The Kier molecular flexibility index (Phi) is 4.45. The van der Waals surface area contributed by atoms with Crippen LogP contribution in [0.25, 0.3) is 5.57 Å². The maximum absolute atomic E-state index is 11.9. The van der Waals surface area contributed by atoms with Gasteiger partial charge >= 0.3 is 0 Å². The number of aromatic amines is 1. The predicted octanol–water partition coefficient (Wildman–Crippen LogP) is 4.28. The van der Waals surface area contributed by atoms with E-state index in [9.17, 15) is 4.79 Å². The molecule has 2 heterocycles. The van der Waals surface area contributed by atoms with Gasteiger partial charge in [0, 0.05) is 11.3 Å². The van der Waals surface area contributed by atoms with Crippen molar-refractivity contribution in [3.05, 3.63) is 74.8 Å². The summed E-state index contributed by atoms with van der Waals surface area (Å²) in [5.41, 5.74) is 16.2. The normalized spacial score (nSPS) is 16.2. The Morgan fingerprint density at radius 1 is 0.962 bits per heavy atom. The van der Waals surface area contributed by atoms with Crippen LogP contribution in [0, 0.1) is 27.7 Å². The lowest BCUT2D eigenvalue weighted by Gasteiger charge is -2.14. The van der Waals surface area contributed by atoms with E-state index in [1.807, 2.05) is 20.8 Å². The van der Waals surface area contributed by atoms with Gasteiger partial charge in [0.25, 0.3) is 5.91 Å². The summed E-state index contributed by atoms with van der Waals surface area (Å²) in [4.78, 5) is 20.1. The third kappa shape index (κ3) is 3.03. The summed E-state index contributed by atoms with van der Waals surface area (Å²) in [7, 11) is 0. The maximum atomic E-state index is 11.9. The zero-order valence-electron chi connectivity index (χ0n) is 16.2. The number of nitrogens with one attached hydrogen (secondary N) is 1. The van der Waals surface area contributed by atoms with Crippen LogP contribution in [-0.2, 0) is 4.79 Å². The van der Waals surface area contributed by atoms with Gasteiger partial charge in [-0.15, -0.1) is 0 Å². The zero-order valence-corrected chi connectivity index (χ0v) is 16.2. The van der Waals surface area contributed by atoms with Crippen LogP contribution < -0.4 is 5.73 Å². The molecule has 0 saturated heterocycles. The molecule has 1 aliphatic heterocycles. The largest absolute Gasteiger partial charge is 0.366 e. The number of aromatic nitrogens is 1. The molecule has 1 aliphatic rings. The Bertz CT molecular complexity index is 996. The van der Waals surface area contributed by atoms with Crippen LogP contribution in [0.5, 0.6) is 0 Å². The number of primary amides is 1. The Hall–Kier alpha value is -2.88. The van der Waals surface area contributed by atoms with Gasteiger partial charge in [-0.25, -0.2) is 0 Å². The van der Waals surface area contributed by atoms with Crippen molar-refractivity contribution in [2.45, 2.75) is 41.5 Å². The lowest BCUT2D eigenvalue weighted by Crippen LogP contribution is -2.18. The van der Waals surface area contributed by atoms with E-state index >= 15 is 0 Å². The second-order valence-electron chi connectivity index (χ2n) is 7.17. The second-order valence-corrected chi connectivity index (χ2v) is 7.17. The quantitative estimate of drug-likeness (QED) is 0.854. The monoisotopic (exact) mass is 347 g/mol. The molecule has 3 N–H and O–H groups in total. The van der Waals surface area contributed by atoms with Gasteiger partial charge in [0.05, 0.1) is 22.7 Å². The minimum atomic E-state index is -0.432. The van der Waals surface area contributed by atoms with Crippen molar-refractivity contribution in [3.8, 4) is 0 Å². The van der Waals surface area contributed by atoms with Crippen molar-refractivity contribution in [1.82, 2.24) is 4.98 Å². The first-order valence-corrected chi connectivity index (χ1v) is 8.75. The minimum Gasteiger partial charge on any atom is -0.366 e. The standard InChI is InChI=1S/C22H25N3O/c1-11-7-12(2)9-17(8-11)19(20-13(3)10-14(4)24-20)21-15(5)18(22(23)26)16(6)25-21/h7-10,24H,1-6H3,(H2,23,26). The topological polar surface area (TPSA) is 71.2 Å². The van der Waals surface area contributed by atoms with Gasteiger partial charge < -0.3 is 10.7 Å². The fourth-order valence-corrected chi connectivity index (χ4v) is 3.81. The van der Waals surface area contributed by atoms with Gasteiger partial charge in [-0.3, -0.25) is 9.79 Å². The van der Waals surface area contributed by atoms with E-state index in [2.05, 4.69) is 50.0 Å². The molecule has 0 radical (unpaired) electrons. The number of aliphatic imine (C=N–C) groups is 1. The van der Waals surface area contributed by atoms with Gasteiger partial charge in [0.2, 0.25) is 0 Å². The molecule has 2 aromatic rings. The number of nitrogens with zero attached hydrogens (tertiary/aromatic N) is 1. The van der Waals surface area contributed by atoms with E-state index in [1.165, 1.54) is 11.1 Å². The molecule has 4 heteroatoms. The summed E-state index contributed by atoms with van der Waals surface area (Å²) in [5, 5.41) is 0. The maximum Gasteiger partial charge on any atom is 0.250 e. The summed E-state index contributed by atoms with van der Waals surface area (Å²) in [6, 6.07) is 8.59. The van der Waals surface area contributed by atoms with Crippen LogP contribution in [-0.4, -0.2) is 16.6 Å². The molecule has 0 spiro atoms. The smallest absolute Gasteiger partial charge is 0.250 e. The third-order valence-electron chi connectivity index (χ3n) is 4.76. The average molecular weight is 347 g/mol. The van der Waals surface area contributed by atoms with Crippen LogP contribution in [0.3, 0.4) is 0 Å². The minimum absolute atomic E-state index is 0.432. The van der Waals surface area contributed by atoms with Crippen LogP contribution in [0.4, 0.5) is 0 Å². The van der Waals surface area contributed by atoms with Crippen LogP contribution in [0.15, 0.2) is 46.1 Å². The van der Waals surface area contributed by atoms with E-state index in [0.29, 0.717) is 11.3 Å². The van der Waals surface area contributed by atoms with Crippen molar-refractivity contribution >= 4 is 17.2 Å². The first kappa shape index (κ1) is 17.9. The van der Waals surface area contributed by atoms with Crippen molar-refractivity contribution in [1.29, 1.82) is 0 Å². The molecule has 0 aliphatic carbocycles. The van der Waals surface area contributed by atoms with Gasteiger partial charge in [0.15, 0.2) is 0 Å². The number of allylic oxidation sites excluding steroid dienone is 1. The van der Waals surface area contributed by atoms with E-state index in [0.717, 1.165) is 39.4 Å². The molecule has 0 bridgehead atoms. The Labute approximate surface area is 154 Å². The Balaban J connectivity index is 2.40.